The number of nitrogens with one attached hydrogen (secondary N) is 1. The highest BCUT2D eigenvalue weighted by molar-refractivity contribution is 7.88. The minimum absolute atomic E-state index is 0.0569. The lowest BCUT2D eigenvalue weighted by Gasteiger charge is -2.22. The molecule has 0 spiro atoms. The molecular formula is C15H24N4O3S. The van der Waals surface area contributed by atoms with Gasteiger partial charge in [-0.1, -0.05) is 0 Å². The summed E-state index contributed by atoms with van der Waals surface area (Å²) in [7, 11) is 0.614. The van der Waals surface area contributed by atoms with Crippen molar-refractivity contribution in [3.8, 4) is 0 Å². The van der Waals surface area contributed by atoms with Gasteiger partial charge in [0, 0.05) is 44.0 Å². The molecule has 23 heavy (non-hydrogen) atoms. The van der Waals surface area contributed by atoms with Crippen LogP contribution in [0, 0.1) is 12.8 Å². The molecule has 1 aliphatic rings. The molecule has 1 amide bonds. The van der Waals surface area contributed by atoms with E-state index in [1.54, 1.807) is 12.3 Å². The van der Waals surface area contributed by atoms with Gasteiger partial charge in [0.05, 0.1) is 11.8 Å². The number of carbonyl (C=O) groups excluding carboxylic acids is 1. The third kappa shape index (κ3) is 4.73. The van der Waals surface area contributed by atoms with Crippen LogP contribution in [0.3, 0.4) is 0 Å². The Balaban J connectivity index is 2.13. The Hall–Kier alpha value is -1.51. The summed E-state index contributed by atoms with van der Waals surface area (Å²) in [6.45, 7) is 3.32. The first-order chi connectivity index (χ1) is 10.7. The van der Waals surface area contributed by atoms with E-state index in [1.165, 1.54) is 16.8 Å². The van der Waals surface area contributed by atoms with Crippen LogP contribution in [-0.2, 0) is 10.0 Å². The third-order valence-corrected chi connectivity index (χ3v) is 5.17. The average Bonchev–Trinajstić information content (AvgIpc) is 2.81. The van der Waals surface area contributed by atoms with Crippen molar-refractivity contribution in [2.24, 2.45) is 5.92 Å². The standard InChI is InChI=1S/C15H24N4O3S/c1-11-5-12(7-16-6-11)15(20)17-14-10-19(23(4,21)22)9-13(14)8-18(2)3/h5-7,13-14H,8-10H2,1-4H3,(H,17,20)/t13-,14-/m1/s1. The molecule has 1 aromatic heterocycles. The third-order valence-electron chi connectivity index (χ3n) is 3.93. The smallest absolute Gasteiger partial charge is 0.253 e. The van der Waals surface area contributed by atoms with E-state index in [9.17, 15) is 13.2 Å². The van der Waals surface area contributed by atoms with Crippen molar-refractivity contribution in [1.82, 2.24) is 19.5 Å². The summed E-state index contributed by atoms with van der Waals surface area (Å²) in [5.41, 5.74) is 1.40. The molecule has 1 fully saturated rings. The van der Waals surface area contributed by atoms with E-state index in [-0.39, 0.29) is 17.9 Å². The maximum absolute atomic E-state index is 12.4. The number of amides is 1. The van der Waals surface area contributed by atoms with Gasteiger partial charge >= 0.3 is 0 Å². The van der Waals surface area contributed by atoms with Crippen LogP contribution in [0.2, 0.25) is 0 Å². The van der Waals surface area contributed by atoms with Crippen molar-refractivity contribution in [1.29, 1.82) is 0 Å². The Morgan fingerprint density at radius 1 is 1.39 bits per heavy atom. The van der Waals surface area contributed by atoms with Gasteiger partial charge in [-0.05, 0) is 32.6 Å². The molecule has 0 radical (unpaired) electrons. The second kappa shape index (κ2) is 6.94. The Morgan fingerprint density at radius 2 is 2.09 bits per heavy atom. The minimum Gasteiger partial charge on any atom is -0.348 e. The van der Waals surface area contributed by atoms with Gasteiger partial charge in [-0.2, -0.15) is 4.31 Å². The predicted octanol–water partition coefficient (Wildman–Crippen LogP) is -0.0586. The molecule has 1 aliphatic heterocycles. The number of rotatable bonds is 5. The van der Waals surface area contributed by atoms with Crippen LogP contribution < -0.4 is 5.32 Å². The number of hydrogen-bond donors (Lipinski definition) is 1. The molecule has 128 valence electrons. The van der Waals surface area contributed by atoms with E-state index in [4.69, 9.17) is 0 Å². The maximum atomic E-state index is 12.4. The normalized spacial score (nSPS) is 22.5. The van der Waals surface area contributed by atoms with Crippen molar-refractivity contribution in [2.45, 2.75) is 13.0 Å². The molecule has 0 aromatic carbocycles. The van der Waals surface area contributed by atoms with Crippen LogP contribution in [0.25, 0.3) is 0 Å². The first kappa shape index (κ1) is 17.8. The van der Waals surface area contributed by atoms with Crippen molar-refractivity contribution >= 4 is 15.9 Å². The van der Waals surface area contributed by atoms with Crippen LogP contribution in [0.5, 0.6) is 0 Å². The number of sulfonamides is 1. The lowest BCUT2D eigenvalue weighted by atomic mass is 10.0. The molecule has 1 saturated heterocycles. The van der Waals surface area contributed by atoms with Crippen molar-refractivity contribution < 1.29 is 13.2 Å². The first-order valence-electron chi connectivity index (χ1n) is 7.49. The van der Waals surface area contributed by atoms with E-state index < -0.39 is 10.0 Å². The zero-order valence-electron chi connectivity index (χ0n) is 14.0. The molecule has 0 unspecified atom stereocenters. The van der Waals surface area contributed by atoms with E-state index in [2.05, 4.69) is 10.3 Å². The highest BCUT2D eigenvalue weighted by Crippen LogP contribution is 2.20. The number of hydrogen-bond acceptors (Lipinski definition) is 5. The van der Waals surface area contributed by atoms with Gasteiger partial charge < -0.3 is 10.2 Å². The summed E-state index contributed by atoms with van der Waals surface area (Å²) in [6.07, 6.45) is 4.41. The lowest BCUT2D eigenvalue weighted by molar-refractivity contribution is 0.0927. The molecule has 8 heteroatoms. The van der Waals surface area contributed by atoms with Gasteiger partial charge in [-0.25, -0.2) is 8.42 Å². The molecular weight excluding hydrogens is 316 g/mol. The molecule has 1 N–H and O–H groups in total. The Morgan fingerprint density at radius 3 is 2.65 bits per heavy atom. The highest BCUT2D eigenvalue weighted by atomic mass is 32.2. The molecule has 0 bridgehead atoms. The van der Waals surface area contributed by atoms with E-state index in [0.717, 1.165) is 5.56 Å². The second-order valence-corrected chi connectivity index (χ2v) is 8.42. The maximum Gasteiger partial charge on any atom is 0.253 e. The van der Waals surface area contributed by atoms with Gasteiger partial charge in [0.1, 0.15) is 0 Å². The van der Waals surface area contributed by atoms with Gasteiger partial charge in [0.25, 0.3) is 5.91 Å². The zero-order valence-corrected chi connectivity index (χ0v) is 14.8. The minimum atomic E-state index is -3.26. The number of nitrogens with zero attached hydrogens (tertiary/aromatic N) is 3. The monoisotopic (exact) mass is 340 g/mol. The van der Waals surface area contributed by atoms with Gasteiger partial charge in [-0.3, -0.25) is 9.78 Å². The van der Waals surface area contributed by atoms with Crippen LogP contribution >= 0.6 is 0 Å². The molecule has 7 nitrogen and oxygen atoms in total. The lowest BCUT2D eigenvalue weighted by Crippen LogP contribution is -2.43. The summed E-state index contributed by atoms with van der Waals surface area (Å²) in [4.78, 5) is 18.4. The number of pyridine rings is 1. The molecule has 2 rings (SSSR count). The van der Waals surface area contributed by atoms with Crippen molar-refractivity contribution in [2.75, 3.05) is 40.0 Å². The number of carbonyl (C=O) groups is 1. The SMILES string of the molecule is Cc1cncc(C(=O)N[C@@H]2CN(S(C)(=O)=O)C[C@H]2CN(C)C)c1. The molecule has 0 aliphatic carbocycles. The van der Waals surface area contributed by atoms with Crippen molar-refractivity contribution in [3.63, 3.8) is 0 Å². The van der Waals surface area contributed by atoms with Crippen LogP contribution in [0.4, 0.5) is 0 Å². The van der Waals surface area contributed by atoms with E-state index >= 15 is 0 Å². The summed E-state index contributed by atoms with van der Waals surface area (Å²) < 4.78 is 25.0. The zero-order chi connectivity index (χ0) is 17.2. The second-order valence-electron chi connectivity index (χ2n) is 6.43. The fourth-order valence-electron chi connectivity index (χ4n) is 2.85. The van der Waals surface area contributed by atoms with Gasteiger partial charge in [0.15, 0.2) is 0 Å². The summed E-state index contributed by atoms with van der Waals surface area (Å²) >= 11 is 0. The molecule has 2 atom stereocenters. The summed E-state index contributed by atoms with van der Waals surface area (Å²) in [6, 6.07) is 1.56. The van der Waals surface area contributed by atoms with Gasteiger partial charge in [-0.15, -0.1) is 0 Å². The predicted molar refractivity (Wildman–Crippen MR) is 88.7 cm³/mol. The van der Waals surface area contributed by atoms with Crippen LogP contribution in [0.15, 0.2) is 18.5 Å². The highest BCUT2D eigenvalue weighted by Gasteiger charge is 2.38. The molecule has 2 heterocycles. The Bertz CT molecular complexity index is 675. The largest absolute Gasteiger partial charge is 0.348 e. The van der Waals surface area contributed by atoms with E-state index in [1.807, 2.05) is 25.9 Å². The average molecular weight is 340 g/mol. The Kier molecular flexibility index (Phi) is 5.38. The van der Waals surface area contributed by atoms with Crippen LogP contribution in [-0.4, -0.2) is 74.5 Å². The number of aryl methyl sites for hydroxylation is 1. The quantitative estimate of drug-likeness (QED) is 0.812. The fraction of sp³-hybridized carbons (Fsp3) is 0.600. The molecule has 1 aromatic rings. The number of aromatic nitrogens is 1. The topological polar surface area (TPSA) is 82.6 Å². The fourth-order valence-corrected chi connectivity index (χ4v) is 3.74. The molecule has 0 saturated carbocycles. The Labute approximate surface area is 137 Å². The first-order valence-corrected chi connectivity index (χ1v) is 9.34. The van der Waals surface area contributed by atoms with Crippen molar-refractivity contribution in [3.05, 3.63) is 29.6 Å². The van der Waals surface area contributed by atoms with Crippen LogP contribution in [0.1, 0.15) is 15.9 Å². The van der Waals surface area contributed by atoms with Gasteiger partial charge in [0.2, 0.25) is 10.0 Å². The summed E-state index contributed by atoms with van der Waals surface area (Å²) in [5.74, 6) is -0.160. The van der Waals surface area contributed by atoms with E-state index in [0.29, 0.717) is 25.2 Å². The summed E-state index contributed by atoms with van der Waals surface area (Å²) in [5, 5.41) is 2.97.